The highest BCUT2D eigenvalue weighted by atomic mass is 35.5. The summed E-state index contributed by atoms with van der Waals surface area (Å²) >= 11 is 5.82. The maximum Gasteiger partial charge on any atom is 0.325 e. The molecule has 1 aromatic carbocycles. The van der Waals surface area contributed by atoms with Crippen LogP contribution in [-0.4, -0.2) is 20.9 Å². The van der Waals surface area contributed by atoms with Gasteiger partial charge in [0.25, 0.3) is 0 Å². The van der Waals surface area contributed by atoms with E-state index in [2.05, 4.69) is 5.10 Å². The number of nitrogens with zero attached hydrogens (tertiary/aromatic N) is 2. The Balaban J connectivity index is 2.58. The Morgan fingerprint density at radius 2 is 2.33 bits per heavy atom. The number of aliphatic carboxylic acids is 1. The molecule has 0 aliphatic rings. The third kappa shape index (κ3) is 1.80. The van der Waals surface area contributed by atoms with Crippen LogP contribution in [0.25, 0.3) is 10.9 Å². The zero-order valence-electron chi connectivity index (χ0n) is 8.07. The number of benzene rings is 1. The highest BCUT2D eigenvalue weighted by molar-refractivity contribution is 6.31. The summed E-state index contributed by atoms with van der Waals surface area (Å²) in [7, 11) is 0. The predicted octanol–water partition coefficient (Wildman–Crippen LogP) is 2.08. The molecule has 0 saturated heterocycles. The first-order chi connectivity index (χ1) is 7.08. The van der Waals surface area contributed by atoms with Gasteiger partial charge in [-0.25, -0.2) is 0 Å². The molecule has 2 aromatic rings. The van der Waals surface area contributed by atoms with Gasteiger partial charge in [0.1, 0.15) is 6.54 Å². The lowest BCUT2D eigenvalue weighted by Gasteiger charge is -1.98. The van der Waals surface area contributed by atoms with Crippen LogP contribution in [0.5, 0.6) is 0 Å². The van der Waals surface area contributed by atoms with Crippen LogP contribution in [0, 0.1) is 6.92 Å². The van der Waals surface area contributed by atoms with E-state index in [1.165, 1.54) is 4.68 Å². The number of carboxylic acid groups (broad SMARTS) is 1. The van der Waals surface area contributed by atoms with Gasteiger partial charge in [-0.15, -0.1) is 0 Å². The van der Waals surface area contributed by atoms with Gasteiger partial charge in [-0.3, -0.25) is 9.48 Å². The van der Waals surface area contributed by atoms with Crippen LogP contribution in [0.15, 0.2) is 18.2 Å². The van der Waals surface area contributed by atoms with Crippen molar-refractivity contribution in [3.63, 3.8) is 0 Å². The fraction of sp³-hybridized carbons (Fsp3) is 0.200. The van der Waals surface area contributed by atoms with Crippen molar-refractivity contribution in [1.82, 2.24) is 9.78 Å². The van der Waals surface area contributed by atoms with Crippen LogP contribution in [0.4, 0.5) is 0 Å². The molecule has 4 nitrogen and oxygen atoms in total. The van der Waals surface area contributed by atoms with Crippen LogP contribution in [0.2, 0.25) is 5.02 Å². The molecule has 0 radical (unpaired) electrons. The Bertz CT molecular complexity index is 533. The molecule has 0 fully saturated rings. The van der Waals surface area contributed by atoms with Crippen molar-refractivity contribution in [2.75, 3.05) is 0 Å². The van der Waals surface area contributed by atoms with Gasteiger partial charge in [0, 0.05) is 16.1 Å². The summed E-state index contributed by atoms with van der Waals surface area (Å²) in [6, 6.07) is 5.34. The minimum Gasteiger partial charge on any atom is -0.480 e. The summed E-state index contributed by atoms with van der Waals surface area (Å²) in [5.74, 6) is -0.906. The molecular formula is C10H9ClN2O2. The number of hydrogen-bond donors (Lipinski definition) is 1. The van der Waals surface area contributed by atoms with E-state index < -0.39 is 5.97 Å². The van der Waals surface area contributed by atoms with Crippen molar-refractivity contribution in [2.45, 2.75) is 13.5 Å². The molecule has 0 aliphatic heterocycles. The molecule has 0 atom stereocenters. The minimum atomic E-state index is -0.906. The topological polar surface area (TPSA) is 55.1 Å². The average molecular weight is 225 g/mol. The molecule has 78 valence electrons. The number of aryl methyl sites for hydroxylation is 1. The second kappa shape index (κ2) is 3.55. The van der Waals surface area contributed by atoms with Gasteiger partial charge in [0.15, 0.2) is 0 Å². The summed E-state index contributed by atoms with van der Waals surface area (Å²) in [5.41, 5.74) is 1.56. The molecule has 1 N–H and O–H groups in total. The summed E-state index contributed by atoms with van der Waals surface area (Å²) in [5, 5.41) is 14.4. The molecule has 0 bridgehead atoms. The van der Waals surface area contributed by atoms with Crippen molar-refractivity contribution < 1.29 is 9.90 Å². The SMILES string of the molecule is Cc1c2ccc(Cl)cc2nn1CC(=O)O. The highest BCUT2D eigenvalue weighted by Crippen LogP contribution is 2.21. The molecule has 1 aromatic heterocycles. The predicted molar refractivity (Wildman–Crippen MR) is 57.1 cm³/mol. The third-order valence-corrected chi connectivity index (χ3v) is 2.49. The van der Waals surface area contributed by atoms with Gasteiger partial charge in [-0.05, 0) is 25.1 Å². The Morgan fingerprint density at radius 1 is 1.60 bits per heavy atom. The van der Waals surface area contributed by atoms with Crippen molar-refractivity contribution in [3.8, 4) is 0 Å². The van der Waals surface area contributed by atoms with E-state index in [9.17, 15) is 4.79 Å². The Kier molecular flexibility index (Phi) is 2.36. The number of rotatable bonds is 2. The van der Waals surface area contributed by atoms with E-state index in [1.807, 2.05) is 13.0 Å². The lowest BCUT2D eigenvalue weighted by molar-refractivity contribution is -0.137. The molecule has 0 aliphatic carbocycles. The number of halogens is 1. The van der Waals surface area contributed by atoms with Crippen LogP contribution < -0.4 is 0 Å². The lowest BCUT2D eigenvalue weighted by Crippen LogP contribution is -2.11. The van der Waals surface area contributed by atoms with Gasteiger partial charge in [-0.2, -0.15) is 5.10 Å². The average Bonchev–Trinajstić information content (AvgIpc) is 2.42. The normalized spacial score (nSPS) is 10.8. The van der Waals surface area contributed by atoms with Crippen LogP contribution in [0.3, 0.4) is 0 Å². The first kappa shape index (κ1) is 9.98. The van der Waals surface area contributed by atoms with Gasteiger partial charge in [-0.1, -0.05) is 11.6 Å². The molecule has 0 amide bonds. The van der Waals surface area contributed by atoms with E-state index in [4.69, 9.17) is 16.7 Å². The number of fused-ring (bicyclic) bond motifs is 1. The van der Waals surface area contributed by atoms with Crippen molar-refractivity contribution >= 4 is 28.5 Å². The van der Waals surface area contributed by atoms with Gasteiger partial charge in [0.2, 0.25) is 0 Å². The first-order valence-corrected chi connectivity index (χ1v) is 4.80. The molecule has 0 saturated carbocycles. The van der Waals surface area contributed by atoms with Crippen molar-refractivity contribution in [2.24, 2.45) is 0 Å². The largest absolute Gasteiger partial charge is 0.480 e. The molecular weight excluding hydrogens is 216 g/mol. The number of carbonyl (C=O) groups is 1. The molecule has 0 spiro atoms. The second-order valence-corrected chi connectivity index (χ2v) is 3.73. The maximum absolute atomic E-state index is 10.6. The van der Waals surface area contributed by atoms with E-state index in [-0.39, 0.29) is 6.54 Å². The quantitative estimate of drug-likeness (QED) is 0.850. The fourth-order valence-corrected chi connectivity index (χ4v) is 1.69. The third-order valence-electron chi connectivity index (χ3n) is 2.25. The Labute approximate surface area is 91.1 Å². The van der Waals surface area contributed by atoms with E-state index in [0.29, 0.717) is 5.02 Å². The Hall–Kier alpha value is -1.55. The van der Waals surface area contributed by atoms with E-state index in [1.54, 1.807) is 12.1 Å². The number of carboxylic acids is 1. The molecule has 0 unspecified atom stereocenters. The number of hydrogen-bond acceptors (Lipinski definition) is 2. The van der Waals surface area contributed by atoms with Crippen LogP contribution in [0.1, 0.15) is 5.69 Å². The standard InChI is InChI=1S/C10H9ClN2O2/c1-6-8-3-2-7(11)4-9(8)12-13(6)5-10(14)15/h2-4H,5H2,1H3,(H,14,15). The van der Waals surface area contributed by atoms with Gasteiger partial charge in [0.05, 0.1) is 5.52 Å². The van der Waals surface area contributed by atoms with E-state index >= 15 is 0 Å². The molecule has 2 rings (SSSR count). The van der Waals surface area contributed by atoms with Crippen LogP contribution >= 0.6 is 11.6 Å². The highest BCUT2D eigenvalue weighted by Gasteiger charge is 2.09. The molecule has 15 heavy (non-hydrogen) atoms. The smallest absolute Gasteiger partial charge is 0.325 e. The van der Waals surface area contributed by atoms with Crippen LogP contribution in [-0.2, 0) is 11.3 Å². The monoisotopic (exact) mass is 224 g/mol. The lowest BCUT2D eigenvalue weighted by atomic mass is 10.2. The minimum absolute atomic E-state index is 0.127. The number of aromatic nitrogens is 2. The summed E-state index contributed by atoms with van der Waals surface area (Å²) in [6.45, 7) is 1.71. The second-order valence-electron chi connectivity index (χ2n) is 3.30. The fourth-order valence-electron chi connectivity index (χ4n) is 1.52. The summed E-state index contributed by atoms with van der Waals surface area (Å²) < 4.78 is 1.46. The zero-order chi connectivity index (χ0) is 11.0. The zero-order valence-corrected chi connectivity index (χ0v) is 8.82. The van der Waals surface area contributed by atoms with Gasteiger partial charge < -0.3 is 5.11 Å². The van der Waals surface area contributed by atoms with Crippen molar-refractivity contribution in [1.29, 1.82) is 0 Å². The Morgan fingerprint density at radius 3 is 3.00 bits per heavy atom. The van der Waals surface area contributed by atoms with E-state index in [0.717, 1.165) is 16.6 Å². The maximum atomic E-state index is 10.6. The molecule has 5 heteroatoms. The molecule has 1 heterocycles. The first-order valence-electron chi connectivity index (χ1n) is 4.42. The summed E-state index contributed by atoms with van der Waals surface area (Å²) in [6.07, 6.45) is 0. The van der Waals surface area contributed by atoms with Gasteiger partial charge >= 0.3 is 5.97 Å². The summed E-state index contributed by atoms with van der Waals surface area (Å²) in [4.78, 5) is 10.6. The van der Waals surface area contributed by atoms with Crippen molar-refractivity contribution in [3.05, 3.63) is 28.9 Å².